The second-order valence-electron chi connectivity index (χ2n) is 6.11. The predicted molar refractivity (Wildman–Crippen MR) is 115 cm³/mol. The molecule has 30 heavy (non-hydrogen) atoms. The molecule has 0 aliphatic carbocycles. The molecule has 2 aromatic carbocycles. The van der Waals surface area contributed by atoms with E-state index in [1.165, 1.54) is 35.6 Å². The summed E-state index contributed by atoms with van der Waals surface area (Å²) in [6.07, 6.45) is -2.39. The van der Waals surface area contributed by atoms with Crippen molar-refractivity contribution in [2.75, 3.05) is 10.6 Å². The average Bonchev–Trinajstić information content (AvgIpc) is 3.20. The third kappa shape index (κ3) is 5.71. The fourth-order valence-electron chi connectivity index (χ4n) is 2.61. The fourth-order valence-corrected chi connectivity index (χ4v) is 3.48. The Morgan fingerprint density at radius 1 is 1.03 bits per heavy atom. The maximum absolute atomic E-state index is 13.0. The number of amides is 1. The molecule has 3 aromatic rings. The third-order valence-electron chi connectivity index (χ3n) is 3.88. The zero-order chi connectivity index (χ0) is 21.7. The van der Waals surface area contributed by atoms with E-state index in [2.05, 4.69) is 10.6 Å². The normalized spacial score (nSPS) is 11.5. The number of carbonyl (C=O) groups is 1. The van der Waals surface area contributed by atoms with E-state index in [-0.39, 0.29) is 11.4 Å². The number of hydrogen-bond donors (Lipinski definition) is 3. The number of amidine groups is 1. The molecular weight excluding hydrogens is 435 g/mol. The van der Waals surface area contributed by atoms with Crippen LogP contribution in [-0.4, -0.2) is 11.7 Å². The molecule has 154 valence electrons. The number of hydrogen-bond acceptors (Lipinski definition) is 3. The molecule has 0 saturated carbocycles. The molecule has 1 aromatic heterocycles. The van der Waals surface area contributed by atoms with Crippen LogP contribution in [0.1, 0.15) is 16.0 Å². The summed E-state index contributed by atoms with van der Waals surface area (Å²) in [4.78, 5) is 12.9. The van der Waals surface area contributed by atoms with Crippen LogP contribution in [0, 0.1) is 5.41 Å². The lowest BCUT2D eigenvalue weighted by Gasteiger charge is -2.11. The zero-order valence-corrected chi connectivity index (χ0v) is 16.8. The fraction of sp³-hybridized carbons (Fsp3) is 0.0476. The van der Waals surface area contributed by atoms with Gasteiger partial charge in [0.15, 0.2) is 0 Å². The van der Waals surface area contributed by atoms with Gasteiger partial charge in [-0.1, -0.05) is 35.9 Å². The van der Waals surface area contributed by atoms with Crippen molar-refractivity contribution in [3.8, 4) is 0 Å². The lowest BCUT2D eigenvalue weighted by molar-refractivity contribution is -0.137. The Morgan fingerprint density at radius 2 is 1.73 bits per heavy atom. The van der Waals surface area contributed by atoms with Crippen LogP contribution < -0.4 is 10.6 Å². The SMILES string of the molecule is N=C(Nc1cc(Cl)cc(NC(=O)/C=C/c2ccccc2C(F)(F)F)c1)c1cccs1. The molecule has 1 amide bonds. The second kappa shape index (κ2) is 9.15. The number of halogens is 4. The zero-order valence-electron chi connectivity index (χ0n) is 15.3. The summed E-state index contributed by atoms with van der Waals surface area (Å²) in [6.45, 7) is 0. The van der Waals surface area contributed by atoms with Crippen LogP contribution in [0.5, 0.6) is 0 Å². The van der Waals surface area contributed by atoms with Crippen LogP contribution in [0.4, 0.5) is 24.5 Å². The first kappa shape index (κ1) is 21.6. The molecule has 0 radical (unpaired) electrons. The predicted octanol–water partition coefficient (Wildman–Crippen LogP) is 6.51. The molecule has 0 fully saturated rings. The van der Waals surface area contributed by atoms with E-state index >= 15 is 0 Å². The number of benzene rings is 2. The Balaban J connectivity index is 1.72. The van der Waals surface area contributed by atoms with Crippen molar-refractivity contribution in [2.45, 2.75) is 6.18 Å². The molecule has 0 atom stereocenters. The van der Waals surface area contributed by atoms with Crippen LogP contribution >= 0.6 is 22.9 Å². The van der Waals surface area contributed by atoms with Crippen LogP contribution in [0.25, 0.3) is 6.08 Å². The van der Waals surface area contributed by atoms with Gasteiger partial charge in [0, 0.05) is 22.5 Å². The highest BCUT2D eigenvalue weighted by Crippen LogP contribution is 2.32. The number of alkyl halides is 3. The van der Waals surface area contributed by atoms with E-state index in [0.29, 0.717) is 16.4 Å². The van der Waals surface area contributed by atoms with Crippen LogP contribution in [-0.2, 0) is 11.0 Å². The minimum absolute atomic E-state index is 0.113. The summed E-state index contributed by atoms with van der Waals surface area (Å²) in [5, 5.41) is 15.7. The molecule has 1 heterocycles. The Hall–Kier alpha value is -3.10. The van der Waals surface area contributed by atoms with E-state index < -0.39 is 17.6 Å². The Bertz CT molecular complexity index is 1100. The van der Waals surface area contributed by atoms with Gasteiger partial charge < -0.3 is 10.6 Å². The lowest BCUT2D eigenvalue weighted by Crippen LogP contribution is -2.12. The molecule has 0 aliphatic heterocycles. The summed E-state index contributed by atoms with van der Waals surface area (Å²) >= 11 is 7.48. The van der Waals surface area contributed by atoms with Crippen LogP contribution in [0.2, 0.25) is 5.02 Å². The van der Waals surface area contributed by atoms with E-state index in [9.17, 15) is 18.0 Å². The molecule has 0 unspecified atom stereocenters. The molecule has 9 heteroatoms. The third-order valence-corrected chi connectivity index (χ3v) is 4.99. The summed E-state index contributed by atoms with van der Waals surface area (Å²) in [6, 6.07) is 13.3. The second-order valence-corrected chi connectivity index (χ2v) is 7.50. The van der Waals surface area contributed by atoms with E-state index in [0.717, 1.165) is 23.1 Å². The van der Waals surface area contributed by atoms with Gasteiger partial charge in [0.25, 0.3) is 0 Å². The highest BCUT2D eigenvalue weighted by atomic mass is 35.5. The van der Waals surface area contributed by atoms with Gasteiger partial charge in [-0.2, -0.15) is 13.2 Å². The van der Waals surface area contributed by atoms with Gasteiger partial charge >= 0.3 is 6.18 Å². The van der Waals surface area contributed by atoms with E-state index in [4.69, 9.17) is 17.0 Å². The number of carbonyl (C=O) groups excluding carboxylic acids is 1. The molecule has 0 aliphatic rings. The first-order valence-electron chi connectivity index (χ1n) is 8.58. The molecule has 0 spiro atoms. The smallest absolute Gasteiger partial charge is 0.339 e. The molecule has 3 rings (SSSR count). The highest BCUT2D eigenvalue weighted by molar-refractivity contribution is 7.12. The molecule has 3 N–H and O–H groups in total. The number of nitrogens with one attached hydrogen (secondary N) is 3. The Morgan fingerprint density at radius 3 is 2.40 bits per heavy atom. The monoisotopic (exact) mass is 449 g/mol. The number of rotatable bonds is 5. The number of thiophene rings is 1. The first-order valence-corrected chi connectivity index (χ1v) is 9.83. The van der Waals surface area contributed by atoms with E-state index in [1.807, 2.05) is 11.4 Å². The van der Waals surface area contributed by atoms with Gasteiger partial charge in [0.1, 0.15) is 5.84 Å². The van der Waals surface area contributed by atoms with Crippen molar-refractivity contribution in [3.05, 3.63) is 87.1 Å². The molecule has 4 nitrogen and oxygen atoms in total. The van der Waals surface area contributed by atoms with Crippen LogP contribution in [0.15, 0.2) is 66.1 Å². The minimum Gasteiger partial charge on any atom is -0.339 e. The quantitative estimate of drug-likeness (QED) is 0.236. The van der Waals surface area contributed by atoms with Crippen molar-refractivity contribution >= 4 is 52.1 Å². The molecular formula is C21H15ClF3N3OS. The number of anilines is 2. The van der Waals surface area contributed by atoms with Crippen LogP contribution in [0.3, 0.4) is 0 Å². The van der Waals surface area contributed by atoms with Crippen molar-refractivity contribution in [3.63, 3.8) is 0 Å². The summed E-state index contributed by atoms with van der Waals surface area (Å²) in [5.41, 5.74) is -0.112. The Labute approximate surface area is 179 Å². The van der Waals surface area contributed by atoms with E-state index in [1.54, 1.807) is 18.2 Å². The van der Waals surface area contributed by atoms with Crippen molar-refractivity contribution in [1.29, 1.82) is 5.41 Å². The van der Waals surface area contributed by atoms with Gasteiger partial charge in [-0.05, 0) is 47.4 Å². The molecule has 0 bridgehead atoms. The van der Waals surface area contributed by atoms with Gasteiger partial charge in [-0.3, -0.25) is 10.2 Å². The van der Waals surface area contributed by atoms with Gasteiger partial charge in [-0.25, -0.2) is 0 Å². The molecule has 0 saturated heterocycles. The van der Waals surface area contributed by atoms with Crippen molar-refractivity contribution in [1.82, 2.24) is 0 Å². The van der Waals surface area contributed by atoms with Gasteiger partial charge in [-0.15, -0.1) is 11.3 Å². The van der Waals surface area contributed by atoms with Gasteiger partial charge in [0.05, 0.1) is 10.4 Å². The maximum atomic E-state index is 13.0. The largest absolute Gasteiger partial charge is 0.416 e. The summed E-state index contributed by atoms with van der Waals surface area (Å²) in [5.74, 6) is -0.443. The highest BCUT2D eigenvalue weighted by Gasteiger charge is 2.32. The standard InChI is InChI=1S/C21H15ClF3N3OS/c22-14-10-15(12-16(11-14)28-20(26)18-6-3-9-30-18)27-19(29)8-7-13-4-1-2-5-17(13)21(23,24)25/h1-12H,(H2,26,28)(H,27,29)/b8-7+. The lowest BCUT2D eigenvalue weighted by atomic mass is 10.1. The summed E-state index contributed by atoms with van der Waals surface area (Å²) in [7, 11) is 0. The topological polar surface area (TPSA) is 65.0 Å². The average molecular weight is 450 g/mol. The maximum Gasteiger partial charge on any atom is 0.416 e. The summed E-state index contributed by atoms with van der Waals surface area (Å²) < 4.78 is 39.1. The first-order chi connectivity index (χ1) is 14.2. The Kier molecular flexibility index (Phi) is 6.59. The van der Waals surface area contributed by atoms with Gasteiger partial charge in [0.2, 0.25) is 5.91 Å². The van der Waals surface area contributed by atoms with Crippen molar-refractivity contribution in [2.24, 2.45) is 0 Å². The van der Waals surface area contributed by atoms with Crippen molar-refractivity contribution < 1.29 is 18.0 Å². The minimum atomic E-state index is -4.52.